The molecule has 19 heavy (non-hydrogen) atoms. The summed E-state index contributed by atoms with van der Waals surface area (Å²) in [5.41, 5.74) is -0.671. The van der Waals surface area contributed by atoms with Crippen LogP contribution in [0, 0.1) is 5.82 Å². The molecule has 0 aliphatic heterocycles. The van der Waals surface area contributed by atoms with Crippen LogP contribution >= 0.6 is 15.9 Å². The van der Waals surface area contributed by atoms with Crippen LogP contribution in [0.4, 0.5) is 13.2 Å². The third-order valence-electron chi connectivity index (χ3n) is 2.49. The van der Waals surface area contributed by atoms with Gasteiger partial charge >= 0.3 is 5.97 Å². The van der Waals surface area contributed by atoms with Crippen LogP contribution in [0.2, 0.25) is 0 Å². The highest BCUT2D eigenvalue weighted by molar-refractivity contribution is 9.10. The van der Waals surface area contributed by atoms with Gasteiger partial charge in [0.25, 0.3) is 5.92 Å². The first-order valence-corrected chi connectivity index (χ1v) is 6.25. The highest BCUT2D eigenvalue weighted by atomic mass is 79.9. The number of carbonyl (C=O) groups is 1. The summed E-state index contributed by atoms with van der Waals surface area (Å²) in [7, 11) is 0. The van der Waals surface area contributed by atoms with Crippen molar-refractivity contribution < 1.29 is 27.8 Å². The molecule has 106 valence electrons. The third-order valence-corrected chi connectivity index (χ3v) is 2.95. The molecule has 0 saturated carbocycles. The van der Waals surface area contributed by atoms with E-state index >= 15 is 0 Å². The normalized spacial score (nSPS) is 13.2. The van der Waals surface area contributed by atoms with Gasteiger partial charge in [0.1, 0.15) is 0 Å². The van der Waals surface area contributed by atoms with Crippen LogP contribution in [0.5, 0.6) is 5.75 Å². The number of hydrogen-bond acceptors (Lipinski definition) is 2. The zero-order valence-electron chi connectivity index (χ0n) is 10.2. The van der Waals surface area contributed by atoms with Crippen molar-refractivity contribution in [3.63, 3.8) is 0 Å². The predicted octanol–water partition coefficient (Wildman–Crippen LogP) is 3.94. The van der Waals surface area contributed by atoms with Gasteiger partial charge in [0.2, 0.25) is 0 Å². The van der Waals surface area contributed by atoms with E-state index in [1.165, 1.54) is 6.92 Å². The van der Waals surface area contributed by atoms with E-state index < -0.39 is 41.5 Å². The Morgan fingerprint density at radius 1 is 1.53 bits per heavy atom. The molecule has 0 aliphatic rings. The first kappa shape index (κ1) is 15.8. The molecule has 0 saturated heterocycles. The van der Waals surface area contributed by atoms with E-state index in [4.69, 9.17) is 9.84 Å². The molecule has 7 heteroatoms. The van der Waals surface area contributed by atoms with Gasteiger partial charge in [-0.25, -0.2) is 18.0 Å². The lowest BCUT2D eigenvalue weighted by Gasteiger charge is -2.21. The maximum absolute atomic E-state index is 13.7. The average Bonchev–Trinajstić information content (AvgIpc) is 2.31. The van der Waals surface area contributed by atoms with Gasteiger partial charge in [-0.15, -0.1) is 0 Å². The van der Waals surface area contributed by atoms with E-state index in [1.54, 1.807) is 0 Å². The molecule has 1 rings (SSSR count). The summed E-state index contributed by atoms with van der Waals surface area (Å²) in [4.78, 5) is 10.7. The highest BCUT2D eigenvalue weighted by Gasteiger charge is 2.35. The molecule has 0 heterocycles. The summed E-state index contributed by atoms with van der Waals surface area (Å²) < 4.78 is 46.1. The lowest BCUT2D eigenvalue weighted by Crippen LogP contribution is -2.25. The lowest BCUT2D eigenvalue weighted by molar-refractivity contribution is -0.144. The van der Waals surface area contributed by atoms with Gasteiger partial charge in [-0.1, -0.05) is 22.9 Å². The van der Waals surface area contributed by atoms with Crippen LogP contribution in [-0.2, 0) is 10.7 Å². The second-order valence-corrected chi connectivity index (χ2v) is 4.84. The van der Waals surface area contributed by atoms with Crippen molar-refractivity contribution >= 4 is 21.9 Å². The minimum Gasteiger partial charge on any atom is -0.479 e. The topological polar surface area (TPSA) is 46.5 Å². The highest BCUT2D eigenvalue weighted by Crippen LogP contribution is 2.41. The van der Waals surface area contributed by atoms with Crippen LogP contribution in [0.25, 0.3) is 0 Å². The molecule has 1 aromatic carbocycles. The molecule has 0 bridgehead atoms. The number of alkyl halides is 2. The Morgan fingerprint density at radius 2 is 2.11 bits per heavy atom. The molecule has 0 fully saturated rings. The first-order chi connectivity index (χ1) is 8.69. The first-order valence-electron chi connectivity index (χ1n) is 5.45. The summed E-state index contributed by atoms with van der Waals surface area (Å²) in [6.07, 6.45) is -1.98. The van der Waals surface area contributed by atoms with Crippen molar-refractivity contribution in [1.29, 1.82) is 0 Å². The molecular weight excluding hydrogens is 329 g/mol. The molecule has 0 aliphatic carbocycles. The van der Waals surface area contributed by atoms with Crippen LogP contribution in [0.15, 0.2) is 16.6 Å². The molecule has 0 spiro atoms. The number of ether oxygens (including phenoxy) is 1. The standard InChI is InChI=1S/C12H12BrF3O3/c1-3-12(15,16)8-4-7(13)5-9(14)10(8)19-6(2)11(17)18/h4-6H,3H2,1-2H3,(H,17,18). The summed E-state index contributed by atoms with van der Waals surface area (Å²) >= 11 is 2.92. The largest absolute Gasteiger partial charge is 0.479 e. The Kier molecular flexibility index (Phi) is 4.84. The van der Waals surface area contributed by atoms with Crippen LogP contribution < -0.4 is 4.74 Å². The molecular formula is C12H12BrF3O3. The summed E-state index contributed by atoms with van der Waals surface area (Å²) in [6, 6.07) is 1.97. The van der Waals surface area contributed by atoms with Crippen molar-refractivity contribution in [3.05, 3.63) is 28.0 Å². The van der Waals surface area contributed by atoms with Gasteiger partial charge in [-0.3, -0.25) is 0 Å². The molecule has 0 amide bonds. The zero-order valence-corrected chi connectivity index (χ0v) is 11.8. The number of aliphatic carboxylic acids is 1. The number of halogens is 4. The quantitative estimate of drug-likeness (QED) is 0.882. The SMILES string of the molecule is CCC(F)(F)c1cc(Br)cc(F)c1OC(C)C(=O)O. The number of carboxylic acid groups (broad SMARTS) is 1. The number of carboxylic acids is 1. The van der Waals surface area contributed by atoms with Crippen molar-refractivity contribution in [2.24, 2.45) is 0 Å². The van der Waals surface area contributed by atoms with E-state index in [2.05, 4.69) is 15.9 Å². The Balaban J connectivity index is 3.32. The Labute approximate surface area is 116 Å². The summed E-state index contributed by atoms with van der Waals surface area (Å²) in [5, 5.41) is 8.70. The van der Waals surface area contributed by atoms with Crippen LogP contribution in [0.1, 0.15) is 25.8 Å². The number of rotatable bonds is 5. The average molecular weight is 341 g/mol. The van der Waals surface area contributed by atoms with Crippen molar-refractivity contribution in [2.45, 2.75) is 32.3 Å². The van der Waals surface area contributed by atoms with E-state index in [1.807, 2.05) is 0 Å². The molecule has 3 nitrogen and oxygen atoms in total. The van der Waals surface area contributed by atoms with Crippen LogP contribution in [0.3, 0.4) is 0 Å². The molecule has 1 N–H and O–H groups in total. The summed E-state index contributed by atoms with van der Waals surface area (Å²) in [5.74, 6) is -6.44. The van der Waals surface area contributed by atoms with Gasteiger partial charge in [0, 0.05) is 10.9 Å². The van der Waals surface area contributed by atoms with Gasteiger partial charge in [0.15, 0.2) is 17.7 Å². The maximum Gasteiger partial charge on any atom is 0.344 e. The maximum atomic E-state index is 13.7. The van der Waals surface area contributed by atoms with Crippen molar-refractivity contribution in [2.75, 3.05) is 0 Å². The van der Waals surface area contributed by atoms with Gasteiger partial charge in [-0.2, -0.15) is 0 Å². The zero-order chi connectivity index (χ0) is 14.8. The van der Waals surface area contributed by atoms with Crippen molar-refractivity contribution in [3.8, 4) is 5.75 Å². The fourth-order valence-corrected chi connectivity index (χ4v) is 1.80. The second kappa shape index (κ2) is 5.81. The number of hydrogen-bond donors (Lipinski definition) is 1. The van der Waals surface area contributed by atoms with Gasteiger partial charge in [0.05, 0.1) is 5.56 Å². The van der Waals surface area contributed by atoms with E-state index in [0.29, 0.717) is 0 Å². The number of benzene rings is 1. The minimum absolute atomic E-state index is 0.128. The molecule has 1 aromatic rings. The molecule has 1 unspecified atom stereocenters. The van der Waals surface area contributed by atoms with Gasteiger partial charge in [-0.05, 0) is 19.1 Å². The molecule has 1 atom stereocenters. The fraction of sp³-hybridized carbons (Fsp3) is 0.417. The fourth-order valence-electron chi connectivity index (χ4n) is 1.37. The lowest BCUT2D eigenvalue weighted by atomic mass is 10.0. The van der Waals surface area contributed by atoms with Crippen molar-refractivity contribution in [1.82, 2.24) is 0 Å². The third kappa shape index (κ3) is 3.62. The van der Waals surface area contributed by atoms with E-state index in [9.17, 15) is 18.0 Å². The Bertz CT molecular complexity index is 491. The van der Waals surface area contributed by atoms with Crippen LogP contribution in [-0.4, -0.2) is 17.2 Å². The minimum atomic E-state index is -3.31. The molecule has 0 aromatic heterocycles. The smallest absolute Gasteiger partial charge is 0.344 e. The monoisotopic (exact) mass is 340 g/mol. The van der Waals surface area contributed by atoms with E-state index in [0.717, 1.165) is 19.1 Å². The predicted molar refractivity (Wildman–Crippen MR) is 66.0 cm³/mol. The van der Waals surface area contributed by atoms with Gasteiger partial charge < -0.3 is 9.84 Å². The molecule has 0 radical (unpaired) electrons. The summed E-state index contributed by atoms with van der Waals surface area (Å²) in [6.45, 7) is 2.38. The second-order valence-electron chi connectivity index (χ2n) is 3.92. The Hall–Kier alpha value is -1.24. The van der Waals surface area contributed by atoms with E-state index in [-0.39, 0.29) is 4.47 Å². The Morgan fingerprint density at radius 3 is 2.58 bits per heavy atom.